The fourth-order valence-corrected chi connectivity index (χ4v) is 2.17. The van der Waals surface area contributed by atoms with Gasteiger partial charge in [-0.05, 0) is 30.9 Å². The zero-order valence-corrected chi connectivity index (χ0v) is 12.1. The van der Waals surface area contributed by atoms with Crippen LogP contribution in [0, 0.1) is 19.8 Å². The van der Waals surface area contributed by atoms with Crippen LogP contribution in [0.3, 0.4) is 0 Å². The molecule has 106 valence electrons. The second-order valence-electron chi connectivity index (χ2n) is 5.37. The van der Waals surface area contributed by atoms with Gasteiger partial charge in [0.1, 0.15) is 0 Å². The highest BCUT2D eigenvalue weighted by atomic mass is 16.5. The van der Waals surface area contributed by atoms with Crippen molar-refractivity contribution in [3.8, 4) is 11.5 Å². The standard InChI is InChI=1S/C15H18N2O3/c1-8(2)7-11-16-14(20-17-11)12-9(3)5-6-10(4)13(12)15(18)19/h5-6,8H,7H2,1-4H3,(H,18,19). The first kappa shape index (κ1) is 14.2. The Balaban J connectivity index is 2.54. The van der Waals surface area contributed by atoms with Gasteiger partial charge in [0.15, 0.2) is 5.82 Å². The van der Waals surface area contributed by atoms with Crippen LogP contribution < -0.4 is 0 Å². The number of aryl methyl sites for hydroxylation is 2. The summed E-state index contributed by atoms with van der Waals surface area (Å²) in [5, 5.41) is 13.3. The van der Waals surface area contributed by atoms with Crippen LogP contribution in [0.25, 0.3) is 11.5 Å². The van der Waals surface area contributed by atoms with Crippen LogP contribution in [0.4, 0.5) is 0 Å². The Morgan fingerprint density at radius 3 is 2.55 bits per heavy atom. The minimum atomic E-state index is -0.982. The fraction of sp³-hybridized carbons (Fsp3) is 0.400. The molecule has 1 aromatic heterocycles. The number of carboxylic acid groups (broad SMARTS) is 1. The van der Waals surface area contributed by atoms with Gasteiger partial charge in [0.25, 0.3) is 5.89 Å². The molecule has 1 heterocycles. The maximum absolute atomic E-state index is 11.5. The van der Waals surface area contributed by atoms with E-state index >= 15 is 0 Å². The second-order valence-corrected chi connectivity index (χ2v) is 5.37. The Kier molecular flexibility index (Phi) is 3.88. The molecule has 0 aliphatic carbocycles. The summed E-state index contributed by atoms with van der Waals surface area (Å²) >= 11 is 0. The van der Waals surface area contributed by atoms with Crippen molar-refractivity contribution in [2.75, 3.05) is 0 Å². The molecule has 0 unspecified atom stereocenters. The van der Waals surface area contributed by atoms with Crippen molar-refractivity contribution < 1.29 is 14.4 Å². The van der Waals surface area contributed by atoms with Gasteiger partial charge >= 0.3 is 5.97 Å². The van der Waals surface area contributed by atoms with Crippen LogP contribution in [0.1, 0.15) is 41.2 Å². The van der Waals surface area contributed by atoms with Crippen molar-refractivity contribution in [1.29, 1.82) is 0 Å². The molecule has 0 spiro atoms. The van der Waals surface area contributed by atoms with Gasteiger partial charge in [0.05, 0.1) is 11.1 Å². The SMILES string of the molecule is Cc1ccc(C)c(-c2nc(CC(C)C)no2)c1C(=O)O. The average Bonchev–Trinajstić information content (AvgIpc) is 2.78. The first-order valence-electron chi connectivity index (χ1n) is 6.56. The van der Waals surface area contributed by atoms with E-state index in [1.165, 1.54) is 0 Å². The largest absolute Gasteiger partial charge is 0.478 e. The predicted molar refractivity (Wildman–Crippen MR) is 74.7 cm³/mol. The lowest BCUT2D eigenvalue weighted by atomic mass is 9.97. The van der Waals surface area contributed by atoms with Crippen molar-refractivity contribution in [3.63, 3.8) is 0 Å². The van der Waals surface area contributed by atoms with Gasteiger partial charge < -0.3 is 9.63 Å². The maximum atomic E-state index is 11.5. The number of nitrogens with zero attached hydrogens (tertiary/aromatic N) is 2. The number of aromatic nitrogens is 2. The average molecular weight is 274 g/mol. The first-order chi connectivity index (χ1) is 9.40. The summed E-state index contributed by atoms with van der Waals surface area (Å²) in [6.07, 6.45) is 0.705. The number of hydrogen-bond acceptors (Lipinski definition) is 4. The smallest absolute Gasteiger partial charge is 0.336 e. The first-order valence-corrected chi connectivity index (χ1v) is 6.56. The van der Waals surface area contributed by atoms with E-state index in [9.17, 15) is 9.90 Å². The molecule has 0 atom stereocenters. The second kappa shape index (κ2) is 5.45. The van der Waals surface area contributed by atoms with E-state index in [0.29, 0.717) is 29.3 Å². The third-order valence-corrected chi connectivity index (χ3v) is 3.11. The minimum absolute atomic E-state index is 0.227. The molecule has 1 aromatic carbocycles. The van der Waals surface area contributed by atoms with Crippen LogP contribution in [-0.2, 0) is 6.42 Å². The summed E-state index contributed by atoms with van der Waals surface area (Å²) in [7, 11) is 0. The number of rotatable bonds is 4. The van der Waals surface area contributed by atoms with E-state index in [0.717, 1.165) is 5.56 Å². The van der Waals surface area contributed by atoms with Crippen molar-refractivity contribution in [1.82, 2.24) is 10.1 Å². The van der Waals surface area contributed by atoms with Gasteiger partial charge in [-0.15, -0.1) is 0 Å². The summed E-state index contributed by atoms with van der Waals surface area (Å²) in [5.41, 5.74) is 2.24. The fourth-order valence-electron chi connectivity index (χ4n) is 2.17. The van der Waals surface area contributed by atoms with Gasteiger partial charge in [-0.2, -0.15) is 4.98 Å². The zero-order valence-electron chi connectivity index (χ0n) is 12.1. The predicted octanol–water partition coefficient (Wildman–Crippen LogP) is 3.25. The van der Waals surface area contributed by atoms with Crippen molar-refractivity contribution in [2.24, 2.45) is 5.92 Å². The van der Waals surface area contributed by atoms with Crippen LogP contribution >= 0.6 is 0 Å². The van der Waals surface area contributed by atoms with E-state index < -0.39 is 5.97 Å². The molecule has 5 heteroatoms. The highest BCUT2D eigenvalue weighted by Gasteiger charge is 2.21. The lowest BCUT2D eigenvalue weighted by Gasteiger charge is -2.08. The molecule has 1 N–H and O–H groups in total. The number of carboxylic acids is 1. The molecule has 0 radical (unpaired) electrons. The number of aromatic carboxylic acids is 1. The van der Waals surface area contributed by atoms with Gasteiger partial charge in [-0.3, -0.25) is 0 Å². The van der Waals surface area contributed by atoms with Gasteiger partial charge in [0.2, 0.25) is 0 Å². The summed E-state index contributed by atoms with van der Waals surface area (Å²) in [6, 6.07) is 3.65. The van der Waals surface area contributed by atoms with Crippen molar-refractivity contribution in [2.45, 2.75) is 34.1 Å². The molecule has 0 saturated carbocycles. The van der Waals surface area contributed by atoms with Crippen LogP contribution in [0.5, 0.6) is 0 Å². The third-order valence-electron chi connectivity index (χ3n) is 3.11. The van der Waals surface area contributed by atoms with E-state index in [2.05, 4.69) is 24.0 Å². The molecular formula is C15H18N2O3. The number of hydrogen-bond donors (Lipinski definition) is 1. The van der Waals surface area contributed by atoms with Crippen molar-refractivity contribution in [3.05, 3.63) is 34.6 Å². The molecular weight excluding hydrogens is 256 g/mol. The normalized spacial score (nSPS) is 11.1. The Hall–Kier alpha value is -2.17. The summed E-state index contributed by atoms with van der Waals surface area (Å²) in [6.45, 7) is 7.73. The molecule has 2 aromatic rings. The molecule has 0 amide bonds. The Morgan fingerprint density at radius 1 is 1.30 bits per heavy atom. The van der Waals surface area contributed by atoms with E-state index in [1.807, 2.05) is 13.0 Å². The minimum Gasteiger partial charge on any atom is -0.478 e. The van der Waals surface area contributed by atoms with Crippen molar-refractivity contribution >= 4 is 5.97 Å². The molecule has 2 rings (SSSR count). The van der Waals surface area contributed by atoms with E-state index in [1.54, 1.807) is 13.0 Å². The molecule has 5 nitrogen and oxygen atoms in total. The van der Waals surface area contributed by atoms with Crippen LogP contribution in [0.15, 0.2) is 16.7 Å². The quantitative estimate of drug-likeness (QED) is 0.926. The lowest BCUT2D eigenvalue weighted by molar-refractivity contribution is 0.0696. The monoisotopic (exact) mass is 274 g/mol. The number of benzene rings is 1. The topological polar surface area (TPSA) is 76.2 Å². The molecule has 0 aliphatic heterocycles. The maximum Gasteiger partial charge on any atom is 0.336 e. The van der Waals surface area contributed by atoms with Gasteiger partial charge in [0, 0.05) is 6.42 Å². The third kappa shape index (κ3) is 2.71. The highest BCUT2D eigenvalue weighted by molar-refractivity contribution is 5.97. The summed E-state index contributed by atoms with van der Waals surface area (Å²) in [4.78, 5) is 15.8. The van der Waals surface area contributed by atoms with Crippen LogP contribution in [-0.4, -0.2) is 21.2 Å². The zero-order chi connectivity index (χ0) is 14.9. The number of carbonyl (C=O) groups is 1. The molecule has 0 bridgehead atoms. The lowest BCUT2D eigenvalue weighted by Crippen LogP contribution is -2.05. The van der Waals surface area contributed by atoms with Crippen LogP contribution in [0.2, 0.25) is 0 Å². The Labute approximate surface area is 117 Å². The Bertz CT molecular complexity index is 645. The highest BCUT2D eigenvalue weighted by Crippen LogP contribution is 2.29. The molecule has 0 aliphatic rings. The summed E-state index contributed by atoms with van der Waals surface area (Å²) in [5.74, 6) is 0.314. The molecule has 0 fully saturated rings. The summed E-state index contributed by atoms with van der Waals surface area (Å²) < 4.78 is 5.25. The van der Waals surface area contributed by atoms with Gasteiger partial charge in [-0.1, -0.05) is 31.1 Å². The molecule has 0 saturated heterocycles. The van der Waals surface area contributed by atoms with E-state index in [-0.39, 0.29) is 11.5 Å². The van der Waals surface area contributed by atoms with Gasteiger partial charge in [-0.25, -0.2) is 4.79 Å². The molecule has 20 heavy (non-hydrogen) atoms. The van der Waals surface area contributed by atoms with E-state index in [4.69, 9.17) is 4.52 Å². The Morgan fingerprint density at radius 2 is 1.95 bits per heavy atom.